The molecule has 0 saturated carbocycles. The molecule has 0 amide bonds. The summed E-state index contributed by atoms with van der Waals surface area (Å²) in [7, 11) is 3.06. The van der Waals surface area contributed by atoms with Gasteiger partial charge in [0.2, 0.25) is 0 Å². The van der Waals surface area contributed by atoms with Gasteiger partial charge in [0.25, 0.3) is 0 Å². The minimum Gasteiger partial charge on any atom is -0.493 e. The van der Waals surface area contributed by atoms with Crippen LogP contribution in [0.5, 0.6) is 11.5 Å². The summed E-state index contributed by atoms with van der Waals surface area (Å²) in [5.41, 5.74) is 6.67. The molecule has 0 heterocycles. The van der Waals surface area contributed by atoms with Crippen LogP contribution in [0, 0.1) is 0 Å². The van der Waals surface area contributed by atoms with E-state index in [2.05, 4.69) is 0 Å². The highest BCUT2D eigenvalue weighted by atomic mass is 35.5. The second kappa shape index (κ2) is 6.83. The van der Waals surface area contributed by atoms with Crippen molar-refractivity contribution >= 4 is 11.6 Å². The maximum atomic E-state index is 9.93. The third-order valence-electron chi connectivity index (χ3n) is 2.87. The largest absolute Gasteiger partial charge is 0.493 e. The normalized spacial score (nSPS) is 14.1. The number of benzene rings is 1. The van der Waals surface area contributed by atoms with Crippen molar-refractivity contribution in [2.75, 3.05) is 14.2 Å². The lowest BCUT2D eigenvalue weighted by molar-refractivity contribution is 0.134. The van der Waals surface area contributed by atoms with Gasteiger partial charge in [-0.2, -0.15) is 0 Å². The molecule has 18 heavy (non-hydrogen) atoms. The van der Waals surface area contributed by atoms with Gasteiger partial charge in [-0.15, -0.1) is 0 Å². The minimum absolute atomic E-state index is 0.388. The van der Waals surface area contributed by atoms with Crippen molar-refractivity contribution in [3.8, 4) is 11.5 Å². The van der Waals surface area contributed by atoms with E-state index < -0.39 is 12.1 Å². The Morgan fingerprint density at radius 2 is 2.00 bits per heavy atom. The first kappa shape index (κ1) is 15.1. The number of aliphatic hydroxyl groups excluding tert-OH is 1. The molecule has 0 aliphatic carbocycles. The van der Waals surface area contributed by atoms with E-state index in [1.165, 1.54) is 7.11 Å². The summed E-state index contributed by atoms with van der Waals surface area (Å²) in [5.74, 6) is 0.985. The van der Waals surface area contributed by atoms with Crippen molar-refractivity contribution in [3.63, 3.8) is 0 Å². The Morgan fingerprint density at radius 3 is 2.50 bits per heavy atom. The van der Waals surface area contributed by atoms with Crippen LogP contribution in [0.15, 0.2) is 12.1 Å². The highest BCUT2D eigenvalue weighted by Gasteiger charge is 2.22. The molecule has 0 aliphatic rings. The molecule has 0 fully saturated rings. The van der Waals surface area contributed by atoms with E-state index in [9.17, 15) is 5.11 Å². The topological polar surface area (TPSA) is 64.7 Å². The number of nitrogens with two attached hydrogens (primary N) is 1. The monoisotopic (exact) mass is 273 g/mol. The fourth-order valence-corrected chi connectivity index (χ4v) is 2.20. The molecule has 5 heteroatoms. The molecule has 0 bridgehead atoms. The molecule has 0 spiro atoms. The maximum absolute atomic E-state index is 9.93. The molecule has 102 valence electrons. The average Bonchev–Trinajstić information content (AvgIpc) is 2.37. The standard InChI is InChI=1S/C13H20ClNO3/c1-4-5-9(16)12(15)8-6-7-10(17-2)13(18-3)11(8)14/h6-7,9,12,16H,4-5,15H2,1-3H3/t9-,12+/m1/s1. The lowest BCUT2D eigenvalue weighted by Crippen LogP contribution is -2.26. The van der Waals surface area contributed by atoms with Crippen molar-refractivity contribution in [3.05, 3.63) is 22.7 Å². The first-order valence-electron chi connectivity index (χ1n) is 5.90. The van der Waals surface area contributed by atoms with E-state index >= 15 is 0 Å². The lowest BCUT2D eigenvalue weighted by atomic mass is 9.98. The van der Waals surface area contributed by atoms with Gasteiger partial charge in [0.05, 0.1) is 31.4 Å². The Balaban J connectivity index is 3.10. The predicted octanol–water partition coefficient (Wildman–Crippen LogP) is 2.52. The van der Waals surface area contributed by atoms with E-state index in [0.29, 0.717) is 28.5 Å². The first-order chi connectivity index (χ1) is 8.56. The number of aliphatic hydroxyl groups is 1. The summed E-state index contributed by atoms with van der Waals surface area (Å²) < 4.78 is 10.4. The summed E-state index contributed by atoms with van der Waals surface area (Å²) in [6.07, 6.45) is 0.872. The van der Waals surface area contributed by atoms with Crippen LogP contribution >= 0.6 is 11.6 Å². The van der Waals surface area contributed by atoms with E-state index in [0.717, 1.165) is 6.42 Å². The number of methoxy groups -OCH3 is 2. The molecule has 0 radical (unpaired) electrons. The smallest absolute Gasteiger partial charge is 0.179 e. The molecule has 1 aromatic rings. The second-order valence-corrected chi connectivity index (χ2v) is 4.46. The van der Waals surface area contributed by atoms with Gasteiger partial charge in [-0.25, -0.2) is 0 Å². The summed E-state index contributed by atoms with van der Waals surface area (Å²) in [6.45, 7) is 1.99. The zero-order valence-electron chi connectivity index (χ0n) is 10.9. The minimum atomic E-state index is -0.620. The second-order valence-electron chi connectivity index (χ2n) is 4.09. The molecule has 2 atom stereocenters. The van der Waals surface area contributed by atoms with Gasteiger partial charge in [0, 0.05) is 0 Å². The Morgan fingerprint density at radius 1 is 1.33 bits per heavy atom. The molecular formula is C13H20ClNO3. The molecule has 4 nitrogen and oxygen atoms in total. The Kier molecular flexibility index (Phi) is 5.72. The fourth-order valence-electron chi connectivity index (χ4n) is 1.84. The van der Waals surface area contributed by atoms with Crippen molar-refractivity contribution in [1.29, 1.82) is 0 Å². The third-order valence-corrected chi connectivity index (χ3v) is 3.26. The summed E-state index contributed by atoms with van der Waals surface area (Å²) in [6, 6.07) is 2.96. The van der Waals surface area contributed by atoms with Gasteiger partial charge in [0.15, 0.2) is 11.5 Å². The van der Waals surface area contributed by atoms with E-state index in [4.69, 9.17) is 26.8 Å². The van der Waals surface area contributed by atoms with Crippen LogP contribution in [0.3, 0.4) is 0 Å². The summed E-state index contributed by atoms with van der Waals surface area (Å²) in [5, 5.41) is 10.3. The van der Waals surface area contributed by atoms with Gasteiger partial charge in [-0.3, -0.25) is 0 Å². The van der Waals surface area contributed by atoms with Crippen molar-refractivity contribution in [2.24, 2.45) is 5.73 Å². The van der Waals surface area contributed by atoms with Gasteiger partial charge < -0.3 is 20.3 Å². The van der Waals surface area contributed by atoms with Crippen LogP contribution in [-0.2, 0) is 0 Å². The number of rotatable bonds is 6. The van der Waals surface area contributed by atoms with Crippen molar-refractivity contribution in [2.45, 2.75) is 31.9 Å². The van der Waals surface area contributed by atoms with Gasteiger partial charge >= 0.3 is 0 Å². The SMILES string of the molecule is CCC[C@@H](O)[C@@H](N)c1ccc(OC)c(OC)c1Cl. The molecule has 1 aromatic carbocycles. The quantitative estimate of drug-likeness (QED) is 0.836. The number of halogens is 1. The highest BCUT2D eigenvalue weighted by molar-refractivity contribution is 6.33. The molecule has 0 saturated heterocycles. The number of ether oxygens (including phenoxy) is 2. The van der Waals surface area contributed by atoms with Crippen LogP contribution in [-0.4, -0.2) is 25.4 Å². The summed E-state index contributed by atoms with van der Waals surface area (Å²) in [4.78, 5) is 0. The fraction of sp³-hybridized carbons (Fsp3) is 0.538. The zero-order chi connectivity index (χ0) is 13.7. The van der Waals surface area contributed by atoms with Gasteiger partial charge in [-0.1, -0.05) is 31.0 Å². The molecule has 3 N–H and O–H groups in total. The Hall–Kier alpha value is -0.970. The van der Waals surface area contributed by atoms with Crippen molar-refractivity contribution in [1.82, 2.24) is 0 Å². The predicted molar refractivity (Wildman–Crippen MR) is 72.4 cm³/mol. The Bertz CT molecular complexity index is 398. The van der Waals surface area contributed by atoms with Crippen LogP contribution < -0.4 is 15.2 Å². The van der Waals surface area contributed by atoms with Crippen molar-refractivity contribution < 1.29 is 14.6 Å². The highest BCUT2D eigenvalue weighted by Crippen LogP contribution is 2.39. The molecular weight excluding hydrogens is 254 g/mol. The van der Waals surface area contributed by atoms with Gasteiger partial charge in [-0.05, 0) is 18.1 Å². The summed E-state index contributed by atoms with van der Waals surface area (Å²) >= 11 is 6.24. The zero-order valence-corrected chi connectivity index (χ0v) is 11.7. The van der Waals surface area contributed by atoms with Gasteiger partial charge in [0.1, 0.15) is 0 Å². The molecule has 0 aromatic heterocycles. The van der Waals surface area contributed by atoms with E-state index in [1.807, 2.05) is 6.92 Å². The third kappa shape index (κ3) is 3.07. The van der Waals surface area contributed by atoms with Crippen LogP contribution in [0.1, 0.15) is 31.4 Å². The Labute approximate surface area is 113 Å². The van der Waals surface area contributed by atoms with Crippen LogP contribution in [0.4, 0.5) is 0 Å². The maximum Gasteiger partial charge on any atom is 0.179 e. The van der Waals surface area contributed by atoms with Crippen LogP contribution in [0.25, 0.3) is 0 Å². The molecule has 1 rings (SSSR count). The number of hydrogen-bond acceptors (Lipinski definition) is 4. The van der Waals surface area contributed by atoms with Crippen LogP contribution in [0.2, 0.25) is 5.02 Å². The van der Waals surface area contributed by atoms with E-state index in [-0.39, 0.29) is 0 Å². The molecule has 0 aliphatic heterocycles. The first-order valence-corrected chi connectivity index (χ1v) is 6.28. The lowest BCUT2D eigenvalue weighted by Gasteiger charge is -2.21. The average molecular weight is 274 g/mol. The molecule has 0 unspecified atom stereocenters. The van der Waals surface area contributed by atoms with E-state index in [1.54, 1.807) is 19.2 Å². The number of hydrogen-bond donors (Lipinski definition) is 2.